The summed E-state index contributed by atoms with van der Waals surface area (Å²) in [6, 6.07) is 3.84. The molecule has 2 rings (SSSR count). The molecule has 0 atom stereocenters. The van der Waals surface area contributed by atoms with E-state index in [-0.39, 0.29) is 11.4 Å². The number of nitriles is 2. The van der Waals surface area contributed by atoms with Gasteiger partial charge in [-0.25, -0.2) is 4.98 Å². The van der Waals surface area contributed by atoms with Gasteiger partial charge in [0.05, 0.1) is 12.9 Å². The highest BCUT2D eigenvalue weighted by molar-refractivity contribution is 5.36. The van der Waals surface area contributed by atoms with E-state index in [9.17, 15) is 0 Å². The number of imidazole rings is 1. The molecule has 0 bridgehead atoms. The van der Waals surface area contributed by atoms with Gasteiger partial charge in [-0.05, 0) is 6.92 Å². The summed E-state index contributed by atoms with van der Waals surface area (Å²) in [5.41, 5.74) is 0.375. The fraction of sp³-hybridized carbons (Fsp3) is 0.300. The molecule has 84 valence electrons. The second-order valence-corrected chi connectivity index (χ2v) is 3.52. The lowest BCUT2D eigenvalue weighted by Gasteiger charge is -2.03. The van der Waals surface area contributed by atoms with E-state index in [1.807, 2.05) is 30.7 Å². The van der Waals surface area contributed by atoms with Crippen LogP contribution in [-0.4, -0.2) is 24.3 Å². The Bertz CT molecular complexity index is 635. The van der Waals surface area contributed by atoms with Gasteiger partial charge in [-0.3, -0.25) is 0 Å². The fourth-order valence-corrected chi connectivity index (χ4v) is 1.44. The van der Waals surface area contributed by atoms with Crippen LogP contribution >= 0.6 is 0 Å². The third-order valence-electron chi connectivity index (χ3n) is 2.54. The highest BCUT2D eigenvalue weighted by atomic mass is 15.3. The molecule has 0 unspecified atom stereocenters. The van der Waals surface area contributed by atoms with Crippen LogP contribution in [0.15, 0.2) is 6.33 Å². The second-order valence-electron chi connectivity index (χ2n) is 3.52. The number of aromatic nitrogens is 5. The molecule has 0 saturated heterocycles. The number of hydrogen-bond donors (Lipinski definition) is 0. The van der Waals surface area contributed by atoms with Crippen molar-refractivity contribution in [3.05, 3.63) is 29.4 Å². The Balaban J connectivity index is 2.38. The first-order valence-electron chi connectivity index (χ1n) is 4.87. The fourth-order valence-electron chi connectivity index (χ4n) is 1.44. The van der Waals surface area contributed by atoms with Crippen molar-refractivity contribution in [1.29, 1.82) is 10.5 Å². The summed E-state index contributed by atoms with van der Waals surface area (Å²) in [5, 5.41) is 25.7. The lowest BCUT2D eigenvalue weighted by molar-refractivity contribution is 0.685. The average Bonchev–Trinajstić information content (AvgIpc) is 2.87. The maximum absolute atomic E-state index is 8.97. The van der Waals surface area contributed by atoms with E-state index in [0.717, 1.165) is 5.82 Å². The minimum atomic E-state index is 0.131. The first kappa shape index (κ1) is 10.8. The summed E-state index contributed by atoms with van der Waals surface area (Å²) >= 11 is 0. The molecule has 7 heteroatoms. The highest BCUT2D eigenvalue weighted by Crippen LogP contribution is 2.08. The predicted octanol–water partition coefficient (Wildman–Crippen LogP) is 0.112. The molecule has 0 radical (unpaired) electrons. The van der Waals surface area contributed by atoms with Gasteiger partial charge >= 0.3 is 0 Å². The molecule has 0 aliphatic heterocycles. The maximum atomic E-state index is 8.97. The lowest BCUT2D eigenvalue weighted by atomic mass is 10.3. The van der Waals surface area contributed by atoms with Crippen LogP contribution in [0.2, 0.25) is 0 Å². The van der Waals surface area contributed by atoms with E-state index in [2.05, 4.69) is 15.2 Å². The van der Waals surface area contributed by atoms with Crippen LogP contribution in [-0.2, 0) is 13.6 Å². The van der Waals surface area contributed by atoms with Crippen LogP contribution in [0.4, 0.5) is 0 Å². The third kappa shape index (κ3) is 1.74. The van der Waals surface area contributed by atoms with Gasteiger partial charge in [0, 0.05) is 7.05 Å². The summed E-state index contributed by atoms with van der Waals surface area (Å²) < 4.78 is 3.41. The van der Waals surface area contributed by atoms with Crippen molar-refractivity contribution in [2.24, 2.45) is 7.05 Å². The quantitative estimate of drug-likeness (QED) is 0.725. The van der Waals surface area contributed by atoms with Gasteiger partial charge in [-0.1, -0.05) is 0 Å². The van der Waals surface area contributed by atoms with Gasteiger partial charge in [0.15, 0.2) is 17.2 Å². The zero-order chi connectivity index (χ0) is 12.4. The highest BCUT2D eigenvalue weighted by Gasteiger charge is 2.12. The van der Waals surface area contributed by atoms with Gasteiger partial charge in [0.1, 0.15) is 18.0 Å². The van der Waals surface area contributed by atoms with Gasteiger partial charge in [-0.15, -0.1) is 10.2 Å². The van der Waals surface area contributed by atoms with Crippen molar-refractivity contribution in [2.45, 2.75) is 13.5 Å². The zero-order valence-electron chi connectivity index (χ0n) is 9.41. The average molecular weight is 227 g/mol. The summed E-state index contributed by atoms with van der Waals surface area (Å²) in [4.78, 5) is 3.86. The van der Waals surface area contributed by atoms with Crippen molar-refractivity contribution >= 4 is 0 Å². The van der Waals surface area contributed by atoms with E-state index in [4.69, 9.17) is 10.5 Å². The normalized spacial score (nSPS) is 9.88. The Labute approximate surface area is 97.6 Å². The molecule has 2 aromatic rings. The molecule has 0 amide bonds. The molecule has 17 heavy (non-hydrogen) atoms. The largest absolute Gasteiger partial charge is 0.317 e. The molecule has 0 fully saturated rings. The van der Waals surface area contributed by atoms with Crippen LogP contribution < -0.4 is 0 Å². The molecular formula is C10H9N7. The predicted molar refractivity (Wildman–Crippen MR) is 56.5 cm³/mol. The molecule has 0 aromatic carbocycles. The third-order valence-corrected chi connectivity index (χ3v) is 2.54. The zero-order valence-corrected chi connectivity index (χ0v) is 9.41. The molecule has 0 saturated carbocycles. The standard InChI is InChI=1S/C10H9N7/c1-7-14-15-10(16(7)2)5-17-6-13-8(3-11)9(17)4-12/h6H,5H2,1-2H3. The monoisotopic (exact) mass is 227 g/mol. The van der Waals surface area contributed by atoms with Crippen molar-refractivity contribution in [3.8, 4) is 12.1 Å². The Morgan fingerprint density at radius 2 is 2.06 bits per heavy atom. The van der Waals surface area contributed by atoms with Gasteiger partial charge < -0.3 is 9.13 Å². The SMILES string of the molecule is Cc1nnc(Cn2cnc(C#N)c2C#N)n1C. The summed E-state index contributed by atoms with van der Waals surface area (Å²) in [7, 11) is 1.85. The number of hydrogen-bond acceptors (Lipinski definition) is 5. The van der Waals surface area contributed by atoms with E-state index < -0.39 is 0 Å². The van der Waals surface area contributed by atoms with Crippen molar-refractivity contribution in [3.63, 3.8) is 0 Å². The smallest absolute Gasteiger partial charge is 0.176 e. The summed E-state index contributed by atoms with van der Waals surface area (Å²) in [6.45, 7) is 2.21. The number of rotatable bonds is 2. The van der Waals surface area contributed by atoms with Crippen molar-refractivity contribution < 1.29 is 0 Å². The van der Waals surface area contributed by atoms with E-state index in [0.29, 0.717) is 12.4 Å². The Morgan fingerprint density at radius 1 is 1.29 bits per heavy atom. The summed E-state index contributed by atoms with van der Waals surface area (Å²) in [5.74, 6) is 1.50. The Morgan fingerprint density at radius 3 is 2.59 bits per heavy atom. The molecular weight excluding hydrogens is 218 g/mol. The number of aryl methyl sites for hydroxylation is 1. The topological polar surface area (TPSA) is 96.1 Å². The molecule has 0 N–H and O–H groups in total. The minimum Gasteiger partial charge on any atom is -0.317 e. The molecule has 0 spiro atoms. The number of nitrogens with zero attached hydrogens (tertiary/aromatic N) is 7. The Hall–Kier alpha value is -2.67. The van der Waals surface area contributed by atoms with Crippen LogP contribution in [0.1, 0.15) is 23.0 Å². The minimum absolute atomic E-state index is 0.131. The van der Waals surface area contributed by atoms with Crippen LogP contribution in [0.3, 0.4) is 0 Å². The van der Waals surface area contributed by atoms with E-state index >= 15 is 0 Å². The molecule has 0 aliphatic carbocycles. The molecule has 0 aliphatic rings. The van der Waals surface area contributed by atoms with Crippen molar-refractivity contribution in [2.75, 3.05) is 0 Å². The van der Waals surface area contributed by atoms with E-state index in [1.165, 1.54) is 6.33 Å². The van der Waals surface area contributed by atoms with Crippen LogP contribution in [0.5, 0.6) is 0 Å². The maximum Gasteiger partial charge on any atom is 0.176 e. The second kappa shape index (κ2) is 4.06. The van der Waals surface area contributed by atoms with Crippen LogP contribution in [0.25, 0.3) is 0 Å². The molecule has 7 nitrogen and oxygen atoms in total. The first-order valence-corrected chi connectivity index (χ1v) is 4.87. The van der Waals surface area contributed by atoms with Gasteiger partial charge in [0.2, 0.25) is 0 Å². The van der Waals surface area contributed by atoms with Crippen molar-refractivity contribution in [1.82, 2.24) is 24.3 Å². The van der Waals surface area contributed by atoms with Gasteiger partial charge in [-0.2, -0.15) is 10.5 Å². The Kier molecular flexibility index (Phi) is 2.59. The molecule has 2 heterocycles. The van der Waals surface area contributed by atoms with Gasteiger partial charge in [0.25, 0.3) is 0 Å². The summed E-state index contributed by atoms with van der Waals surface area (Å²) in [6.07, 6.45) is 1.46. The molecule has 2 aromatic heterocycles. The van der Waals surface area contributed by atoms with E-state index in [1.54, 1.807) is 4.57 Å². The van der Waals surface area contributed by atoms with Crippen LogP contribution in [0, 0.1) is 29.6 Å². The first-order chi connectivity index (χ1) is 8.17. The lowest BCUT2D eigenvalue weighted by Crippen LogP contribution is -2.07.